The molecule has 9 heteroatoms. The predicted octanol–water partition coefficient (Wildman–Crippen LogP) is 0.286. The summed E-state index contributed by atoms with van der Waals surface area (Å²) >= 11 is 0. The highest BCUT2D eigenvalue weighted by Gasteiger charge is 2.33. The van der Waals surface area contributed by atoms with Gasteiger partial charge in [0.2, 0.25) is 0 Å². The third kappa shape index (κ3) is 3.87. The van der Waals surface area contributed by atoms with Gasteiger partial charge in [-0.15, -0.1) is 0 Å². The Morgan fingerprint density at radius 1 is 1.59 bits per heavy atom. The molecular formula is C8H8F3N3O3. The third-order valence-corrected chi connectivity index (χ3v) is 1.63. The zero-order chi connectivity index (χ0) is 13.1. The van der Waals surface area contributed by atoms with Gasteiger partial charge < -0.3 is 15.6 Å². The van der Waals surface area contributed by atoms with Crippen molar-refractivity contribution < 1.29 is 27.8 Å². The van der Waals surface area contributed by atoms with Crippen molar-refractivity contribution >= 4 is 5.97 Å². The van der Waals surface area contributed by atoms with Gasteiger partial charge in [-0.3, -0.25) is 4.79 Å². The number of hydrogen-bond acceptors (Lipinski definition) is 5. The van der Waals surface area contributed by atoms with Crippen LogP contribution < -0.4 is 10.5 Å². The molecule has 0 amide bonds. The minimum absolute atomic E-state index is 0.517. The van der Waals surface area contributed by atoms with Crippen LogP contribution in [0, 0.1) is 0 Å². The van der Waals surface area contributed by atoms with Crippen LogP contribution >= 0.6 is 0 Å². The molecule has 1 atom stereocenters. The molecule has 1 aromatic rings. The Kier molecular flexibility index (Phi) is 3.84. The molecule has 0 bridgehead atoms. The standard InChI is InChI=1S/C8H8F3N3O3/c9-8(10,11)5-1-2-13-7(14-5)17-3-4(12)6(15)16/h1-2,4H,3,12H2,(H,15,16). The molecule has 3 N–H and O–H groups in total. The number of aromatic nitrogens is 2. The van der Waals surface area contributed by atoms with Crippen LogP contribution in [0.25, 0.3) is 0 Å². The van der Waals surface area contributed by atoms with Crippen LogP contribution in [0.1, 0.15) is 5.69 Å². The number of alkyl halides is 3. The van der Waals surface area contributed by atoms with Gasteiger partial charge in [0.05, 0.1) is 0 Å². The summed E-state index contributed by atoms with van der Waals surface area (Å²) in [6.45, 7) is -0.517. The Labute approximate surface area is 93.2 Å². The highest BCUT2D eigenvalue weighted by Crippen LogP contribution is 2.27. The first kappa shape index (κ1) is 13.2. The molecule has 0 spiro atoms. The molecule has 0 aliphatic rings. The van der Waals surface area contributed by atoms with E-state index in [1.165, 1.54) is 0 Å². The molecule has 17 heavy (non-hydrogen) atoms. The fraction of sp³-hybridized carbons (Fsp3) is 0.375. The number of rotatable bonds is 4. The van der Waals surface area contributed by atoms with E-state index < -0.39 is 36.5 Å². The van der Waals surface area contributed by atoms with E-state index in [-0.39, 0.29) is 0 Å². The van der Waals surface area contributed by atoms with Crippen LogP contribution in [0.3, 0.4) is 0 Å². The molecule has 0 saturated carbocycles. The third-order valence-electron chi connectivity index (χ3n) is 1.63. The summed E-state index contributed by atoms with van der Waals surface area (Å²) in [5.41, 5.74) is 3.91. The Balaban J connectivity index is 2.70. The molecule has 1 unspecified atom stereocenters. The highest BCUT2D eigenvalue weighted by molar-refractivity contribution is 5.73. The minimum Gasteiger partial charge on any atom is -0.480 e. The maximum atomic E-state index is 12.2. The first-order valence-corrected chi connectivity index (χ1v) is 4.32. The van der Waals surface area contributed by atoms with E-state index in [1.54, 1.807) is 0 Å². The molecule has 0 aliphatic carbocycles. The van der Waals surface area contributed by atoms with Crippen molar-refractivity contribution in [3.8, 4) is 6.01 Å². The summed E-state index contributed by atoms with van der Waals surface area (Å²) in [6.07, 6.45) is -3.76. The van der Waals surface area contributed by atoms with Crippen LogP contribution in [0.4, 0.5) is 13.2 Å². The quantitative estimate of drug-likeness (QED) is 0.797. The van der Waals surface area contributed by atoms with E-state index >= 15 is 0 Å². The number of nitrogens with zero attached hydrogens (tertiary/aromatic N) is 2. The van der Waals surface area contributed by atoms with Crippen molar-refractivity contribution in [1.82, 2.24) is 9.97 Å². The van der Waals surface area contributed by atoms with Gasteiger partial charge in [0.25, 0.3) is 0 Å². The number of halogens is 3. The van der Waals surface area contributed by atoms with Gasteiger partial charge in [0.15, 0.2) is 5.69 Å². The van der Waals surface area contributed by atoms with Gasteiger partial charge in [0.1, 0.15) is 12.6 Å². The lowest BCUT2D eigenvalue weighted by Gasteiger charge is -2.09. The van der Waals surface area contributed by atoms with Crippen molar-refractivity contribution in [2.45, 2.75) is 12.2 Å². The first-order valence-electron chi connectivity index (χ1n) is 4.32. The normalized spacial score (nSPS) is 13.2. The number of carboxylic acids is 1. The molecule has 1 heterocycles. The lowest BCUT2D eigenvalue weighted by Crippen LogP contribution is -2.36. The second-order valence-corrected chi connectivity index (χ2v) is 2.98. The molecule has 0 fully saturated rings. The lowest BCUT2D eigenvalue weighted by atomic mass is 10.3. The van der Waals surface area contributed by atoms with Crippen molar-refractivity contribution in [2.24, 2.45) is 5.73 Å². The van der Waals surface area contributed by atoms with Gasteiger partial charge in [-0.1, -0.05) is 0 Å². The predicted molar refractivity (Wildman–Crippen MR) is 48.1 cm³/mol. The van der Waals surface area contributed by atoms with Crippen LogP contribution in [-0.2, 0) is 11.0 Å². The maximum Gasteiger partial charge on any atom is 0.433 e. The fourth-order valence-electron chi connectivity index (χ4n) is 0.804. The minimum atomic E-state index is -4.62. The van der Waals surface area contributed by atoms with Crippen LogP contribution in [-0.4, -0.2) is 33.7 Å². The highest BCUT2D eigenvalue weighted by atomic mass is 19.4. The fourth-order valence-corrected chi connectivity index (χ4v) is 0.804. The summed E-state index contributed by atoms with van der Waals surface area (Å²) in [4.78, 5) is 16.8. The average Bonchev–Trinajstić information content (AvgIpc) is 2.25. The van der Waals surface area contributed by atoms with Crippen LogP contribution in [0.15, 0.2) is 12.3 Å². The summed E-state index contributed by atoms with van der Waals surface area (Å²) in [5.74, 6) is -1.34. The van der Waals surface area contributed by atoms with Gasteiger partial charge in [-0.25, -0.2) is 4.98 Å². The first-order chi connectivity index (χ1) is 7.80. The number of aliphatic carboxylic acids is 1. The monoisotopic (exact) mass is 251 g/mol. The summed E-state index contributed by atoms with van der Waals surface area (Å²) in [5, 5.41) is 8.42. The lowest BCUT2D eigenvalue weighted by molar-refractivity contribution is -0.142. The Hall–Kier alpha value is -1.90. The molecule has 0 aliphatic heterocycles. The molecule has 6 nitrogen and oxygen atoms in total. The molecule has 1 rings (SSSR count). The Morgan fingerprint density at radius 2 is 2.24 bits per heavy atom. The van der Waals surface area contributed by atoms with Crippen molar-refractivity contribution in [2.75, 3.05) is 6.61 Å². The number of carbonyl (C=O) groups is 1. The Morgan fingerprint density at radius 3 is 2.76 bits per heavy atom. The molecular weight excluding hydrogens is 243 g/mol. The summed E-state index contributed by atoms with van der Waals surface area (Å²) in [7, 11) is 0. The van der Waals surface area contributed by atoms with Crippen LogP contribution in [0.2, 0.25) is 0 Å². The number of ether oxygens (including phenoxy) is 1. The largest absolute Gasteiger partial charge is 0.480 e. The molecule has 0 aromatic carbocycles. The summed E-state index contributed by atoms with van der Waals surface area (Å²) < 4.78 is 41.3. The number of nitrogens with two attached hydrogens (primary N) is 1. The van der Waals surface area contributed by atoms with Gasteiger partial charge in [-0.05, 0) is 6.07 Å². The van der Waals surface area contributed by atoms with E-state index in [4.69, 9.17) is 10.8 Å². The second kappa shape index (κ2) is 4.95. The molecule has 0 radical (unpaired) electrons. The van der Waals surface area contributed by atoms with Gasteiger partial charge >= 0.3 is 18.2 Å². The van der Waals surface area contributed by atoms with E-state index in [1.807, 2.05) is 0 Å². The van der Waals surface area contributed by atoms with E-state index in [9.17, 15) is 18.0 Å². The summed E-state index contributed by atoms with van der Waals surface area (Å²) in [6, 6.07) is -1.26. The molecule has 1 aromatic heterocycles. The SMILES string of the molecule is NC(COc1nccc(C(F)(F)F)n1)C(=O)O. The average molecular weight is 251 g/mol. The van der Waals surface area contributed by atoms with E-state index in [0.29, 0.717) is 6.07 Å². The second-order valence-electron chi connectivity index (χ2n) is 2.98. The molecule has 0 saturated heterocycles. The van der Waals surface area contributed by atoms with Crippen molar-refractivity contribution in [1.29, 1.82) is 0 Å². The Bertz CT molecular complexity index is 410. The van der Waals surface area contributed by atoms with Crippen molar-refractivity contribution in [3.63, 3.8) is 0 Å². The maximum absolute atomic E-state index is 12.2. The number of carboxylic acid groups (broad SMARTS) is 1. The number of hydrogen-bond donors (Lipinski definition) is 2. The zero-order valence-electron chi connectivity index (χ0n) is 8.31. The zero-order valence-corrected chi connectivity index (χ0v) is 8.31. The van der Waals surface area contributed by atoms with E-state index in [2.05, 4.69) is 14.7 Å². The van der Waals surface area contributed by atoms with Crippen molar-refractivity contribution in [3.05, 3.63) is 18.0 Å². The van der Waals surface area contributed by atoms with Crippen LogP contribution in [0.5, 0.6) is 6.01 Å². The topological polar surface area (TPSA) is 98.3 Å². The smallest absolute Gasteiger partial charge is 0.433 e. The molecule has 94 valence electrons. The van der Waals surface area contributed by atoms with E-state index in [0.717, 1.165) is 6.20 Å². The van der Waals surface area contributed by atoms with Gasteiger partial charge in [0, 0.05) is 6.20 Å². The van der Waals surface area contributed by atoms with Gasteiger partial charge in [-0.2, -0.15) is 18.2 Å².